The molecule has 1 fully saturated rings. The van der Waals surface area contributed by atoms with Crippen LogP contribution in [0.25, 0.3) is 22.5 Å². The first kappa shape index (κ1) is 18.9. The molecular formula is C20H21FN6O2. The molecule has 2 aromatic carbocycles. The number of aromatic hydroxyl groups is 1. The number of hydrogen-bond acceptors (Lipinski definition) is 6. The number of piperazine rings is 1. The van der Waals surface area contributed by atoms with Crippen molar-refractivity contribution in [1.82, 2.24) is 20.5 Å². The molecule has 0 unspecified atom stereocenters. The van der Waals surface area contributed by atoms with Gasteiger partial charge in [-0.15, -0.1) is 10.2 Å². The van der Waals surface area contributed by atoms with Crippen LogP contribution in [0.1, 0.15) is 6.92 Å². The molecule has 150 valence electrons. The lowest BCUT2D eigenvalue weighted by Gasteiger charge is -2.26. The highest BCUT2D eigenvalue weighted by atomic mass is 19.1. The molecular weight excluding hydrogens is 375 g/mol. The maximum Gasteiger partial charge on any atom is 0.224 e. The van der Waals surface area contributed by atoms with Gasteiger partial charge in [0.1, 0.15) is 11.6 Å². The van der Waals surface area contributed by atoms with Gasteiger partial charge in [-0.2, -0.15) is 0 Å². The monoisotopic (exact) mass is 396 g/mol. The Bertz CT molecular complexity index is 1050. The molecule has 2 heterocycles. The number of carbonyl (C=O) groups is 1. The molecule has 8 nitrogen and oxygen atoms in total. The van der Waals surface area contributed by atoms with Crippen molar-refractivity contribution in [2.75, 3.05) is 36.4 Å². The SMILES string of the molecule is CC(=O)Nc1ccc(-c2cccc(-c3nnc(N4CCNCC4)[nH]3)c2O)cc1F. The molecule has 29 heavy (non-hydrogen) atoms. The van der Waals surface area contributed by atoms with E-state index in [0.717, 1.165) is 26.2 Å². The van der Waals surface area contributed by atoms with E-state index in [0.29, 0.717) is 28.5 Å². The van der Waals surface area contributed by atoms with E-state index in [1.54, 1.807) is 24.3 Å². The van der Waals surface area contributed by atoms with Crippen LogP contribution in [0, 0.1) is 5.82 Å². The van der Waals surface area contributed by atoms with Crippen molar-refractivity contribution in [3.63, 3.8) is 0 Å². The zero-order valence-corrected chi connectivity index (χ0v) is 15.9. The Hall–Kier alpha value is -3.46. The number of nitrogens with zero attached hydrogens (tertiary/aromatic N) is 3. The Labute approximate surface area is 166 Å². The van der Waals surface area contributed by atoms with Crippen LogP contribution in [0.2, 0.25) is 0 Å². The van der Waals surface area contributed by atoms with Crippen LogP contribution in [-0.4, -0.2) is 52.4 Å². The average molecular weight is 396 g/mol. The lowest BCUT2D eigenvalue weighted by molar-refractivity contribution is -0.114. The van der Waals surface area contributed by atoms with Gasteiger partial charge in [-0.25, -0.2) is 4.39 Å². The zero-order chi connectivity index (χ0) is 20.4. The molecule has 0 saturated carbocycles. The Kier molecular flexibility index (Phi) is 5.13. The predicted molar refractivity (Wildman–Crippen MR) is 108 cm³/mol. The normalized spacial score (nSPS) is 14.1. The maximum absolute atomic E-state index is 14.3. The van der Waals surface area contributed by atoms with Crippen molar-refractivity contribution < 1.29 is 14.3 Å². The lowest BCUT2D eigenvalue weighted by atomic mass is 10.0. The summed E-state index contributed by atoms with van der Waals surface area (Å²) in [5.74, 6) is 0.127. The van der Waals surface area contributed by atoms with Crippen LogP contribution in [-0.2, 0) is 4.79 Å². The van der Waals surface area contributed by atoms with Gasteiger partial charge in [-0.05, 0) is 23.8 Å². The number of phenolic OH excluding ortho intramolecular Hbond substituents is 1. The summed E-state index contributed by atoms with van der Waals surface area (Å²) in [6, 6.07) is 9.56. The van der Waals surface area contributed by atoms with Crippen LogP contribution in [0.3, 0.4) is 0 Å². The van der Waals surface area contributed by atoms with Crippen LogP contribution in [0.4, 0.5) is 16.0 Å². The smallest absolute Gasteiger partial charge is 0.224 e. The number of benzene rings is 2. The molecule has 9 heteroatoms. The van der Waals surface area contributed by atoms with Gasteiger partial charge in [0, 0.05) is 38.7 Å². The number of halogens is 1. The fourth-order valence-corrected chi connectivity index (χ4v) is 3.33. The van der Waals surface area contributed by atoms with Crippen molar-refractivity contribution in [2.45, 2.75) is 6.92 Å². The molecule has 0 spiro atoms. The molecule has 1 aliphatic rings. The number of phenols is 1. The molecule has 1 saturated heterocycles. The van der Waals surface area contributed by atoms with E-state index in [1.807, 2.05) is 0 Å². The highest BCUT2D eigenvalue weighted by Crippen LogP contribution is 2.37. The molecule has 0 radical (unpaired) electrons. The quantitative estimate of drug-likeness (QED) is 0.540. The number of aromatic amines is 1. The number of carbonyl (C=O) groups excluding carboxylic acids is 1. The van der Waals surface area contributed by atoms with E-state index < -0.39 is 5.82 Å². The number of anilines is 2. The molecule has 4 N–H and O–H groups in total. The van der Waals surface area contributed by atoms with Crippen LogP contribution in [0.15, 0.2) is 36.4 Å². The number of aromatic nitrogens is 3. The second-order valence-corrected chi connectivity index (χ2v) is 6.81. The van der Waals surface area contributed by atoms with Gasteiger partial charge in [0.25, 0.3) is 0 Å². The highest BCUT2D eigenvalue weighted by Gasteiger charge is 2.18. The fraction of sp³-hybridized carbons (Fsp3) is 0.250. The standard InChI is InChI=1S/C20H21FN6O2/c1-12(28)23-17-6-5-13(11-16(17)21)14-3-2-4-15(18(14)29)19-24-20(26-25-19)27-9-7-22-8-10-27/h2-6,11,22,29H,7-10H2,1H3,(H,23,28)(H,24,25,26). The van der Waals surface area contributed by atoms with Crippen LogP contribution in [0.5, 0.6) is 5.75 Å². The van der Waals surface area contributed by atoms with Crippen LogP contribution < -0.4 is 15.5 Å². The number of rotatable bonds is 4. The van der Waals surface area contributed by atoms with E-state index in [9.17, 15) is 14.3 Å². The number of nitrogens with one attached hydrogen (secondary N) is 3. The van der Waals surface area contributed by atoms with Crippen molar-refractivity contribution in [2.24, 2.45) is 0 Å². The molecule has 4 rings (SSSR count). The second-order valence-electron chi connectivity index (χ2n) is 6.81. The third-order valence-corrected chi connectivity index (χ3v) is 4.77. The first-order valence-electron chi connectivity index (χ1n) is 9.31. The van der Waals surface area contributed by atoms with Crippen molar-refractivity contribution in [3.05, 3.63) is 42.2 Å². The van der Waals surface area contributed by atoms with Crippen molar-refractivity contribution in [1.29, 1.82) is 0 Å². The number of para-hydroxylation sites is 1. The molecule has 1 amide bonds. The Morgan fingerprint density at radius 2 is 1.93 bits per heavy atom. The van der Waals surface area contributed by atoms with E-state index in [1.165, 1.54) is 19.1 Å². The second kappa shape index (κ2) is 7.88. The summed E-state index contributed by atoms with van der Waals surface area (Å²) in [7, 11) is 0. The molecule has 3 aromatic rings. The molecule has 0 bridgehead atoms. The molecule has 0 aliphatic carbocycles. The van der Waals surface area contributed by atoms with Gasteiger partial charge in [0.05, 0.1) is 11.3 Å². The minimum atomic E-state index is -0.580. The van der Waals surface area contributed by atoms with Gasteiger partial charge in [0.15, 0.2) is 5.82 Å². The third-order valence-electron chi connectivity index (χ3n) is 4.77. The van der Waals surface area contributed by atoms with E-state index in [-0.39, 0.29) is 17.3 Å². The predicted octanol–water partition coefficient (Wildman–Crippen LogP) is 2.35. The third kappa shape index (κ3) is 3.90. The van der Waals surface area contributed by atoms with Gasteiger partial charge in [0.2, 0.25) is 11.9 Å². The lowest BCUT2D eigenvalue weighted by Crippen LogP contribution is -2.44. The van der Waals surface area contributed by atoms with E-state index in [4.69, 9.17) is 0 Å². The minimum absolute atomic E-state index is 0.0258. The summed E-state index contributed by atoms with van der Waals surface area (Å²) in [6.07, 6.45) is 0. The van der Waals surface area contributed by atoms with Gasteiger partial charge < -0.3 is 25.6 Å². The number of H-pyrrole nitrogens is 1. The largest absolute Gasteiger partial charge is 0.507 e. The average Bonchev–Trinajstić information content (AvgIpc) is 3.20. The summed E-state index contributed by atoms with van der Waals surface area (Å²) in [5, 5.41) is 24.9. The summed E-state index contributed by atoms with van der Waals surface area (Å²) in [4.78, 5) is 16.4. The summed E-state index contributed by atoms with van der Waals surface area (Å²) in [6.45, 7) is 4.70. The topological polar surface area (TPSA) is 106 Å². The summed E-state index contributed by atoms with van der Waals surface area (Å²) >= 11 is 0. The highest BCUT2D eigenvalue weighted by molar-refractivity contribution is 5.89. The molecule has 1 aromatic heterocycles. The molecule has 1 aliphatic heterocycles. The Morgan fingerprint density at radius 3 is 2.66 bits per heavy atom. The number of amides is 1. The fourth-order valence-electron chi connectivity index (χ4n) is 3.33. The molecule has 0 atom stereocenters. The van der Waals surface area contributed by atoms with E-state index >= 15 is 0 Å². The Balaban J connectivity index is 1.65. The van der Waals surface area contributed by atoms with Crippen molar-refractivity contribution >= 4 is 17.5 Å². The van der Waals surface area contributed by atoms with Gasteiger partial charge in [-0.3, -0.25) is 4.79 Å². The van der Waals surface area contributed by atoms with Gasteiger partial charge in [-0.1, -0.05) is 18.2 Å². The Morgan fingerprint density at radius 1 is 1.17 bits per heavy atom. The summed E-state index contributed by atoms with van der Waals surface area (Å²) in [5.41, 5.74) is 1.50. The van der Waals surface area contributed by atoms with Crippen molar-refractivity contribution in [3.8, 4) is 28.3 Å². The summed E-state index contributed by atoms with van der Waals surface area (Å²) < 4.78 is 14.3. The first-order chi connectivity index (χ1) is 14.0. The maximum atomic E-state index is 14.3. The van der Waals surface area contributed by atoms with E-state index in [2.05, 4.69) is 30.7 Å². The minimum Gasteiger partial charge on any atom is -0.507 e. The number of hydrogen-bond donors (Lipinski definition) is 4. The van der Waals surface area contributed by atoms with Gasteiger partial charge >= 0.3 is 0 Å². The first-order valence-corrected chi connectivity index (χ1v) is 9.31. The van der Waals surface area contributed by atoms with Crippen LogP contribution >= 0.6 is 0 Å². The zero-order valence-electron chi connectivity index (χ0n) is 15.9.